The van der Waals surface area contributed by atoms with Crippen LogP contribution in [0.15, 0.2) is 24.7 Å². The van der Waals surface area contributed by atoms with Crippen molar-refractivity contribution in [2.45, 2.75) is 45.8 Å². The lowest BCUT2D eigenvalue weighted by Crippen LogP contribution is -2.20. The van der Waals surface area contributed by atoms with Crippen LogP contribution >= 0.6 is 0 Å². The molecular weight excluding hydrogens is 226 g/mol. The van der Waals surface area contributed by atoms with E-state index in [4.69, 9.17) is 5.73 Å². The molecule has 98 valence electrons. The van der Waals surface area contributed by atoms with Crippen molar-refractivity contribution in [1.82, 2.24) is 19.3 Å². The fraction of sp³-hybridized carbons (Fsp3) is 0.538. The summed E-state index contributed by atoms with van der Waals surface area (Å²) in [5.74, 6) is 0.999. The zero-order valence-electron chi connectivity index (χ0n) is 11.1. The average Bonchev–Trinajstić information content (AvgIpc) is 2.91. The number of hydrogen-bond acceptors (Lipinski definition) is 3. The first-order valence-electron chi connectivity index (χ1n) is 6.47. The zero-order chi connectivity index (χ0) is 13.0. The summed E-state index contributed by atoms with van der Waals surface area (Å²) in [5.41, 5.74) is 7.10. The summed E-state index contributed by atoms with van der Waals surface area (Å²) < 4.78 is 4.16. The number of rotatable bonds is 6. The second-order valence-corrected chi connectivity index (χ2v) is 4.71. The Kier molecular flexibility index (Phi) is 4.15. The molecule has 5 nitrogen and oxygen atoms in total. The highest BCUT2D eigenvalue weighted by molar-refractivity contribution is 5.10. The Balaban J connectivity index is 2.13. The van der Waals surface area contributed by atoms with Gasteiger partial charge in [-0.1, -0.05) is 6.92 Å². The molecule has 0 aliphatic heterocycles. The third-order valence-electron chi connectivity index (χ3n) is 2.90. The summed E-state index contributed by atoms with van der Waals surface area (Å²) in [6, 6.07) is 4.34. The molecule has 0 bridgehead atoms. The maximum atomic E-state index is 5.86. The molecule has 2 N–H and O–H groups in total. The van der Waals surface area contributed by atoms with Crippen molar-refractivity contribution >= 4 is 0 Å². The molecule has 0 saturated carbocycles. The molecule has 2 aromatic heterocycles. The van der Waals surface area contributed by atoms with Gasteiger partial charge in [-0.2, -0.15) is 5.10 Å². The predicted octanol–water partition coefficient (Wildman–Crippen LogP) is 1.43. The van der Waals surface area contributed by atoms with Crippen LogP contribution in [0.4, 0.5) is 0 Å². The number of aryl methyl sites for hydroxylation is 1. The van der Waals surface area contributed by atoms with Crippen molar-refractivity contribution in [2.24, 2.45) is 5.73 Å². The molecule has 0 radical (unpaired) electrons. The van der Waals surface area contributed by atoms with Crippen LogP contribution in [-0.2, 0) is 19.5 Å². The molecule has 0 spiro atoms. The fourth-order valence-electron chi connectivity index (χ4n) is 2.08. The van der Waals surface area contributed by atoms with Crippen LogP contribution in [0.5, 0.6) is 0 Å². The summed E-state index contributed by atoms with van der Waals surface area (Å²) in [6.45, 7) is 5.84. The van der Waals surface area contributed by atoms with Gasteiger partial charge >= 0.3 is 0 Å². The second kappa shape index (κ2) is 5.82. The summed E-state index contributed by atoms with van der Waals surface area (Å²) >= 11 is 0. The lowest BCUT2D eigenvalue weighted by Gasteiger charge is -2.11. The fourth-order valence-corrected chi connectivity index (χ4v) is 2.08. The van der Waals surface area contributed by atoms with Crippen LogP contribution in [0, 0.1) is 0 Å². The number of hydrogen-bond donors (Lipinski definition) is 1. The standard InChI is InChI=1S/C13H21N5/c1-3-6-18-13(15-10-16-18)9-17-7-4-5-12(17)8-11(2)14/h4-5,7,10-11H,3,6,8-9,14H2,1-2H3. The minimum Gasteiger partial charge on any atom is -0.344 e. The van der Waals surface area contributed by atoms with E-state index in [-0.39, 0.29) is 6.04 Å². The summed E-state index contributed by atoms with van der Waals surface area (Å²) in [4.78, 5) is 4.33. The molecule has 0 aromatic carbocycles. The summed E-state index contributed by atoms with van der Waals surface area (Å²) in [5, 5.41) is 4.24. The number of nitrogens with two attached hydrogens (primary N) is 1. The largest absolute Gasteiger partial charge is 0.344 e. The van der Waals surface area contributed by atoms with Gasteiger partial charge in [0, 0.05) is 30.9 Å². The maximum absolute atomic E-state index is 5.86. The van der Waals surface area contributed by atoms with Crippen LogP contribution in [-0.4, -0.2) is 25.4 Å². The molecule has 0 saturated heterocycles. The Labute approximate surface area is 108 Å². The van der Waals surface area contributed by atoms with E-state index < -0.39 is 0 Å². The van der Waals surface area contributed by atoms with Crippen LogP contribution in [0.3, 0.4) is 0 Å². The van der Waals surface area contributed by atoms with Gasteiger partial charge in [0.2, 0.25) is 0 Å². The van der Waals surface area contributed by atoms with Gasteiger partial charge in [-0.05, 0) is 25.5 Å². The molecule has 0 aliphatic carbocycles. The van der Waals surface area contributed by atoms with Crippen molar-refractivity contribution in [3.63, 3.8) is 0 Å². The van der Waals surface area contributed by atoms with Crippen molar-refractivity contribution < 1.29 is 0 Å². The normalized spacial score (nSPS) is 12.8. The first-order valence-corrected chi connectivity index (χ1v) is 6.47. The smallest absolute Gasteiger partial charge is 0.146 e. The molecule has 1 unspecified atom stereocenters. The lowest BCUT2D eigenvalue weighted by atomic mass is 10.2. The minimum atomic E-state index is 0.173. The average molecular weight is 247 g/mol. The van der Waals surface area contributed by atoms with Gasteiger partial charge in [0.05, 0.1) is 6.54 Å². The monoisotopic (exact) mass is 247 g/mol. The van der Waals surface area contributed by atoms with Gasteiger partial charge in [-0.25, -0.2) is 9.67 Å². The van der Waals surface area contributed by atoms with E-state index in [1.165, 1.54) is 5.69 Å². The molecule has 2 aromatic rings. The Hall–Kier alpha value is -1.62. The Bertz CT molecular complexity index is 483. The molecule has 18 heavy (non-hydrogen) atoms. The topological polar surface area (TPSA) is 61.7 Å². The van der Waals surface area contributed by atoms with E-state index in [9.17, 15) is 0 Å². The lowest BCUT2D eigenvalue weighted by molar-refractivity contribution is 0.547. The SMILES string of the molecule is CCCn1ncnc1Cn1cccc1CC(C)N. The molecule has 2 heterocycles. The highest BCUT2D eigenvalue weighted by Crippen LogP contribution is 2.08. The quantitative estimate of drug-likeness (QED) is 0.840. The van der Waals surface area contributed by atoms with Gasteiger partial charge in [0.15, 0.2) is 0 Å². The van der Waals surface area contributed by atoms with E-state index in [0.29, 0.717) is 0 Å². The van der Waals surface area contributed by atoms with E-state index in [1.807, 2.05) is 11.6 Å². The van der Waals surface area contributed by atoms with Crippen molar-refractivity contribution in [2.75, 3.05) is 0 Å². The molecule has 1 atom stereocenters. The van der Waals surface area contributed by atoms with Gasteiger partial charge in [-0.3, -0.25) is 0 Å². The van der Waals surface area contributed by atoms with Crippen molar-refractivity contribution in [3.8, 4) is 0 Å². The Morgan fingerprint density at radius 2 is 2.28 bits per heavy atom. The van der Waals surface area contributed by atoms with Gasteiger partial charge in [0.1, 0.15) is 12.2 Å². The van der Waals surface area contributed by atoms with Crippen LogP contribution in [0.25, 0.3) is 0 Å². The second-order valence-electron chi connectivity index (χ2n) is 4.71. The third-order valence-corrected chi connectivity index (χ3v) is 2.90. The maximum Gasteiger partial charge on any atom is 0.146 e. The zero-order valence-corrected chi connectivity index (χ0v) is 11.1. The van der Waals surface area contributed by atoms with Crippen molar-refractivity contribution in [3.05, 3.63) is 36.2 Å². The molecule has 5 heteroatoms. The summed E-state index contributed by atoms with van der Waals surface area (Å²) in [7, 11) is 0. The molecular formula is C13H21N5. The molecule has 2 rings (SSSR count). The predicted molar refractivity (Wildman–Crippen MR) is 71.2 cm³/mol. The van der Waals surface area contributed by atoms with Gasteiger partial charge < -0.3 is 10.3 Å². The third kappa shape index (κ3) is 2.98. The highest BCUT2D eigenvalue weighted by Gasteiger charge is 2.08. The minimum absolute atomic E-state index is 0.173. The first-order chi connectivity index (χ1) is 8.70. The highest BCUT2D eigenvalue weighted by atomic mass is 15.3. The van der Waals surface area contributed by atoms with Crippen LogP contribution < -0.4 is 5.73 Å². The van der Waals surface area contributed by atoms with Crippen molar-refractivity contribution in [1.29, 1.82) is 0 Å². The Morgan fingerprint density at radius 3 is 3.00 bits per heavy atom. The van der Waals surface area contributed by atoms with Crippen LogP contribution in [0.2, 0.25) is 0 Å². The first kappa shape index (κ1) is 12.8. The molecule has 0 amide bonds. The van der Waals surface area contributed by atoms with Gasteiger partial charge in [-0.15, -0.1) is 0 Å². The summed E-state index contributed by atoms with van der Waals surface area (Å²) in [6.07, 6.45) is 5.64. The van der Waals surface area contributed by atoms with E-state index >= 15 is 0 Å². The van der Waals surface area contributed by atoms with E-state index in [1.54, 1.807) is 6.33 Å². The van der Waals surface area contributed by atoms with Gasteiger partial charge in [0.25, 0.3) is 0 Å². The molecule has 0 fully saturated rings. The molecule has 0 aliphatic rings. The van der Waals surface area contributed by atoms with E-state index in [2.05, 4.69) is 39.9 Å². The number of aromatic nitrogens is 4. The Morgan fingerprint density at radius 1 is 1.44 bits per heavy atom. The van der Waals surface area contributed by atoms with E-state index in [0.717, 1.165) is 31.8 Å². The van der Waals surface area contributed by atoms with Crippen LogP contribution in [0.1, 0.15) is 31.8 Å². The number of nitrogens with zero attached hydrogens (tertiary/aromatic N) is 4.